The molecule has 3 aromatic rings. The van der Waals surface area contributed by atoms with Crippen molar-refractivity contribution < 1.29 is 13.7 Å². The normalized spacial score (nSPS) is 14.3. The number of rotatable bonds is 9. The lowest BCUT2D eigenvalue weighted by Crippen LogP contribution is -2.38. The third-order valence-corrected chi connectivity index (χ3v) is 6.81. The molecule has 0 bridgehead atoms. The molecule has 2 aromatic carbocycles. The van der Waals surface area contributed by atoms with Gasteiger partial charge in [0, 0.05) is 31.7 Å². The Balaban J connectivity index is 1.73. The highest BCUT2D eigenvalue weighted by Crippen LogP contribution is 2.35. The van der Waals surface area contributed by atoms with Gasteiger partial charge in [0.1, 0.15) is 11.5 Å². The topological polar surface area (TPSA) is 52.8 Å². The Labute approximate surface area is 207 Å². The van der Waals surface area contributed by atoms with E-state index < -0.39 is 5.82 Å². The fourth-order valence-corrected chi connectivity index (χ4v) is 4.75. The van der Waals surface area contributed by atoms with Crippen LogP contribution >= 0.6 is 0 Å². The molecular formula is C28H35FN4O2. The summed E-state index contributed by atoms with van der Waals surface area (Å²) < 4.78 is 20.5. The zero-order valence-corrected chi connectivity index (χ0v) is 20.9. The van der Waals surface area contributed by atoms with Crippen LogP contribution in [0.5, 0.6) is 0 Å². The van der Waals surface area contributed by atoms with Crippen LogP contribution in [0.4, 0.5) is 10.3 Å². The average molecular weight is 479 g/mol. The van der Waals surface area contributed by atoms with Gasteiger partial charge in [-0.2, -0.15) is 0 Å². The molecule has 4 rings (SSSR count). The van der Waals surface area contributed by atoms with Gasteiger partial charge in [0.2, 0.25) is 5.88 Å². The van der Waals surface area contributed by atoms with Gasteiger partial charge >= 0.3 is 0 Å². The van der Waals surface area contributed by atoms with Gasteiger partial charge in [0.05, 0.1) is 17.7 Å². The summed E-state index contributed by atoms with van der Waals surface area (Å²) in [4.78, 5) is 19.4. The predicted octanol–water partition coefficient (Wildman–Crippen LogP) is 5.45. The first-order valence-electron chi connectivity index (χ1n) is 12.4. The molecule has 1 aliphatic rings. The second-order valence-electron chi connectivity index (χ2n) is 9.59. The van der Waals surface area contributed by atoms with Crippen LogP contribution in [-0.4, -0.2) is 61.1 Å². The molecule has 1 heterocycles. The maximum absolute atomic E-state index is 14.6. The number of carbonyl (C=O) groups is 1. The zero-order chi connectivity index (χ0) is 24.8. The SMILES string of the molecule is CN(C)CCN(Cc1c(-c2ccccc2)noc1N(C)C1CCCCC1)C(=O)c1ccccc1F. The van der Waals surface area contributed by atoms with E-state index >= 15 is 0 Å². The Hall–Kier alpha value is -3.19. The lowest BCUT2D eigenvalue weighted by Gasteiger charge is -2.32. The van der Waals surface area contributed by atoms with Crippen LogP contribution in [-0.2, 0) is 6.54 Å². The number of amides is 1. The minimum atomic E-state index is -0.513. The largest absolute Gasteiger partial charge is 0.340 e. The summed E-state index contributed by atoms with van der Waals surface area (Å²) in [5.74, 6) is -0.163. The minimum Gasteiger partial charge on any atom is -0.340 e. The summed E-state index contributed by atoms with van der Waals surface area (Å²) >= 11 is 0. The number of likely N-dealkylation sites (N-methyl/N-ethyl adjacent to an activating group) is 1. The second-order valence-corrected chi connectivity index (χ2v) is 9.59. The third-order valence-electron chi connectivity index (χ3n) is 6.81. The van der Waals surface area contributed by atoms with Crippen LogP contribution in [0.2, 0.25) is 0 Å². The van der Waals surface area contributed by atoms with Crippen LogP contribution < -0.4 is 4.90 Å². The summed E-state index contributed by atoms with van der Waals surface area (Å²) in [6, 6.07) is 16.4. The number of benzene rings is 2. The molecular weight excluding hydrogens is 443 g/mol. The van der Waals surface area contributed by atoms with Crippen molar-refractivity contribution in [1.29, 1.82) is 0 Å². The Morgan fingerprint density at radius 2 is 1.66 bits per heavy atom. The molecule has 186 valence electrons. The van der Waals surface area contributed by atoms with E-state index in [1.807, 2.05) is 49.3 Å². The molecule has 7 heteroatoms. The first-order chi connectivity index (χ1) is 17.0. The monoisotopic (exact) mass is 478 g/mol. The van der Waals surface area contributed by atoms with Gasteiger partial charge in [-0.1, -0.05) is 66.9 Å². The zero-order valence-electron chi connectivity index (χ0n) is 20.9. The van der Waals surface area contributed by atoms with E-state index in [4.69, 9.17) is 4.52 Å². The van der Waals surface area contributed by atoms with E-state index in [9.17, 15) is 9.18 Å². The highest BCUT2D eigenvalue weighted by atomic mass is 19.1. The van der Waals surface area contributed by atoms with Crippen molar-refractivity contribution in [3.63, 3.8) is 0 Å². The van der Waals surface area contributed by atoms with E-state index in [2.05, 4.69) is 17.1 Å². The van der Waals surface area contributed by atoms with Crippen molar-refractivity contribution in [3.05, 3.63) is 71.5 Å². The van der Waals surface area contributed by atoms with Crippen molar-refractivity contribution in [2.24, 2.45) is 0 Å². The van der Waals surface area contributed by atoms with Crippen molar-refractivity contribution in [2.75, 3.05) is 39.1 Å². The number of hydrogen-bond acceptors (Lipinski definition) is 5. The molecule has 35 heavy (non-hydrogen) atoms. The molecule has 1 aliphatic carbocycles. The van der Waals surface area contributed by atoms with Crippen LogP contribution in [0, 0.1) is 5.82 Å². The molecule has 1 fully saturated rings. The maximum atomic E-state index is 14.6. The quantitative estimate of drug-likeness (QED) is 0.409. The van der Waals surface area contributed by atoms with Crippen molar-refractivity contribution in [2.45, 2.75) is 44.7 Å². The summed E-state index contributed by atoms with van der Waals surface area (Å²) in [7, 11) is 5.98. The summed E-state index contributed by atoms with van der Waals surface area (Å²) in [6.07, 6.45) is 5.87. The Morgan fingerprint density at radius 1 is 0.971 bits per heavy atom. The average Bonchev–Trinajstić information content (AvgIpc) is 3.30. The lowest BCUT2D eigenvalue weighted by atomic mass is 9.94. The first kappa shape index (κ1) is 24.9. The third kappa shape index (κ3) is 5.90. The number of nitrogens with zero attached hydrogens (tertiary/aromatic N) is 4. The molecule has 1 saturated carbocycles. The summed E-state index contributed by atoms with van der Waals surface area (Å²) in [6.45, 7) is 1.38. The van der Waals surface area contributed by atoms with Gasteiger partial charge in [-0.15, -0.1) is 0 Å². The van der Waals surface area contributed by atoms with Gasteiger partial charge in [-0.3, -0.25) is 4.79 Å². The highest BCUT2D eigenvalue weighted by molar-refractivity contribution is 5.94. The molecule has 0 unspecified atom stereocenters. The Bertz CT molecular complexity index is 1110. The van der Waals surface area contributed by atoms with Crippen LogP contribution in [0.3, 0.4) is 0 Å². The lowest BCUT2D eigenvalue weighted by molar-refractivity contribution is 0.0727. The van der Waals surface area contributed by atoms with Gasteiger partial charge < -0.3 is 19.2 Å². The van der Waals surface area contributed by atoms with Gasteiger partial charge in [-0.25, -0.2) is 4.39 Å². The summed E-state index contributed by atoms with van der Waals surface area (Å²) in [5.41, 5.74) is 2.58. The predicted molar refractivity (Wildman–Crippen MR) is 137 cm³/mol. The number of hydrogen-bond donors (Lipinski definition) is 0. The van der Waals surface area contributed by atoms with E-state index in [1.54, 1.807) is 23.1 Å². The van der Waals surface area contributed by atoms with E-state index in [0.717, 1.165) is 29.7 Å². The van der Waals surface area contributed by atoms with Gasteiger partial charge in [-0.05, 0) is 39.1 Å². The molecule has 0 spiro atoms. The molecule has 0 N–H and O–H groups in total. The maximum Gasteiger partial charge on any atom is 0.257 e. The fraction of sp³-hybridized carbons (Fsp3) is 0.429. The molecule has 0 atom stereocenters. The van der Waals surface area contributed by atoms with E-state index in [0.29, 0.717) is 25.0 Å². The molecule has 0 radical (unpaired) electrons. The van der Waals surface area contributed by atoms with E-state index in [-0.39, 0.29) is 18.0 Å². The smallest absolute Gasteiger partial charge is 0.257 e. The van der Waals surface area contributed by atoms with Crippen LogP contribution in [0.25, 0.3) is 11.3 Å². The van der Waals surface area contributed by atoms with Gasteiger partial charge in [0.15, 0.2) is 0 Å². The molecule has 6 nitrogen and oxygen atoms in total. The summed E-state index contributed by atoms with van der Waals surface area (Å²) in [5, 5.41) is 4.46. The fourth-order valence-electron chi connectivity index (χ4n) is 4.75. The second kappa shape index (κ2) is 11.5. The Kier molecular flexibility index (Phi) is 8.18. The first-order valence-corrected chi connectivity index (χ1v) is 12.4. The number of halogens is 1. The number of aromatic nitrogens is 1. The highest BCUT2D eigenvalue weighted by Gasteiger charge is 2.29. The molecule has 1 aromatic heterocycles. The van der Waals surface area contributed by atoms with Crippen molar-refractivity contribution in [1.82, 2.24) is 15.0 Å². The van der Waals surface area contributed by atoms with E-state index in [1.165, 1.54) is 25.3 Å². The number of anilines is 1. The molecule has 1 amide bonds. The van der Waals surface area contributed by atoms with Crippen molar-refractivity contribution >= 4 is 11.8 Å². The van der Waals surface area contributed by atoms with Crippen LogP contribution in [0.15, 0.2) is 59.1 Å². The van der Waals surface area contributed by atoms with Crippen molar-refractivity contribution in [3.8, 4) is 11.3 Å². The minimum absolute atomic E-state index is 0.0751. The molecule has 0 saturated heterocycles. The number of carbonyl (C=O) groups excluding carboxylic acids is 1. The van der Waals surface area contributed by atoms with Crippen LogP contribution in [0.1, 0.15) is 48.0 Å². The Morgan fingerprint density at radius 3 is 2.34 bits per heavy atom. The standard InChI is InChI=1S/C28H35FN4O2/c1-31(2)18-19-33(27(34)23-16-10-11-17-25(23)29)20-24-26(21-12-6-4-7-13-21)30-35-28(24)32(3)22-14-8-5-9-15-22/h4,6-7,10-13,16-17,22H,5,8-9,14-15,18-20H2,1-3H3. The molecule has 0 aliphatic heterocycles. The van der Waals surface area contributed by atoms with Gasteiger partial charge in [0.25, 0.3) is 5.91 Å².